The van der Waals surface area contributed by atoms with Crippen molar-refractivity contribution in [1.29, 1.82) is 0 Å². The monoisotopic (exact) mass is 791 g/mol. The number of carboxylic acids is 1. The fourth-order valence-corrected chi connectivity index (χ4v) is 5.80. The molecule has 13 nitrogen and oxygen atoms in total. The summed E-state index contributed by atoms with van der Waals surface area (Å²) in [4.78, 5) is 29.9. The van der Waals surface area contributed by atoms with Crippen LogP contribution >= 0.6 is 0 Å². The van der Waals surface area contributed by atoms with Crippen molar-refractivity contribution in [2.75, 3.05) is 13.2 Å². The van der Waals surface area contributed by atoms with E-state index < -0.39 is 11.9 Å². The number of nitrogens with zero attached hydrogens (tertiary/aromatic N) is 5. The third-order valence-corrected chi connectivity index (χ3v) is 9.17. The van der Waals surface area contributed by atoms with Gasteiger partial charge in [0.25, 0.3) is 0 Å². The molecule has 5 aromatic carbocycles. The Morgan fingerprint density at radius 2 is 1.08 bits per heavy atom. The summed E-state index contributed by atoms with van der Waals surface area (Å²) >= 11 is 0. The summed E-state index contributed by atoms with van der Waals surface area (Å²) in [5.74, 6) is 1.48. The van der Waals surface area contributed by atoms with E-state index in [1.807, 2.05) is 72.8 Å². The van der Waals surface area contributed by atoms with Crippen LogP contribution in [-0.2, 0) is 0 Å². The highest BCUT2D eigenvalue weighted by Gasteiger charge is 2.15. The molecule has 0 bridgehead atoms. The van der Waals surface area contributed by atoms with Crippen molar-refractivity contribution in [3.8, 4) is 56.7 Å². The number of hydrogen-bond acceptors (Lipinski definition) is 11. The molecule has 59 heavy (non-hydrogen) atoms. The van der Waals surface area contributed by atoms with E-state index in [1.54, 1.807) is 60.7 Å². The Bertz CT molecular complexity index is 2590. The Balaban J connectivity index is 0.000000188. The van der Waals surface area contributed by atoms with Crippen molar-refractivity contribution in [3.63, 3.8) is 0 Å². The van der Waals surface area contributed by atoms with Crippen LogP contribution in [0.2, 0.25) is 0 Å². The van der Waals surface area contributed by atoms with Crippen LogP contribution < -0.4 is 14.3 Å². The van der Waals surface area contributed by atoms with E-state index in [-0.39, 0.29) is 5.56 Å². The Kier molecular flexibility index (Phi) is 12.8. The van der Waals surface area contributed by atoms with Gasteiger partial charge in [-0.1, -0.05) is 78.2 Å². The third kappa shape index (κ3) is 10.1. The molecule has 0 aliphatic carbocycles. The number of fused-ring (bicyclic) bond motifs is 1. The minimum absolute atomic E-state index is 0.242. The van der Waals surface area contributed by atoms with Gasteiger partial charge in [-0.3, -0.25) is 0 Å². The first-order valence-electron chi connectivity index (χ1n) is 19.3. The summed E-state index contributed by atoms with van der Waals surface area (Å²) < 4.78 is 22.3. The van der Waals surface area contributed by atoms with Crippen LogP contribution in [0.25, 0.3) is 56.2 Å². The second-order valence-corrected chi connectivity index (χ2v) is 13.4. The van der Waals surface area contributed by atoms with Gasteiger partial charge in [-0.2, -0.15) is 0 Å². The first kappa shape index (κ1) is 39.7. The highest BCUT2D eigenvalue weighted by molar-refractivity contribution is 5.91. The third-order valence-electron chi connectivity index (χ3n) is 9.17. The average molecular weight is 792 g/mol. The molecule has 298 valence electrons. The van der Waals surface area contributed by atoms with Crippen molar-refractivity contribution >= 4 is 23.0 Å². The molecule has 13 heteroatoms. The first-order valence-corrected chi connectivity index (χ1v) is 19.3. The van der Waals surface area contributed by atoms with Gasteiger partial charge in [0.2, 0.25) is 0 Å². The van der Waals surface area contributed by atoms with Crippen molar-refractivity contribution in [2.24, 2.45) is 0 Å². The van der Waals surface area contributed by atoms with Gasteiger partial charge in [0.05, 0.1) is 24.3 Å². The molecule has 0 aliphatic rings. The Morgan fingerprint density at radius 3 is 1.58 bits per heavy atom. The standard InChI is InChI=1S/C26H22N4O4.C20H19NO4/c1-2-3-16-32-21-14-12-19(13-15-21)25-17-23(28-33-25)18-8-10-20(11-9-18)26(31)34-30-24-7-5-4-6-22(24)27-29-30;1-2-3-12-24-17-10-8-15(9-11-17)19-13-18(21-25-19)14-4-6-16(7-5-14)20(22)23/h4-15,17H,2-3,16H2,1H3;4-11,13H,2-3,12H2,1H3,(H,22,23). The second-order valence-electron chi connectivity index (χ2n) is 13.4. The van der Waals surface area contributed by atoms with Crippen molar-refractivity contribution in [2.45, 2.75) is 39.5 Å². The number of rotatable bonds is 15. The highest BCUT2D eigenvalue weighted by atomic mass is 16.7. The van der Waals surface area contributed by atoms with Crippen LogP contribution in [0.4, 0.5) is 0 Å². The molecule has 0 fully saturated rings. The van der Waals surface area contributed by atoms with E-state index in [2.05, 4.69) is 34.5 Å². The first-order chi connectivity index (χ1) is 28.9. The number of unbranched alkanes of at least 4 members (excludes halogenated alkanes) is 2. The van der Waals surface area contributed by atoms with Crippen LogP contribution in [-0.4, -0.2) is 55.7 Å². The number of aromatic carboxylic acids is 1. The normalized spacial score (nSPS) is 10.8. The lowest BCUT2D eigenvalue weighted by Gasteiger charge is -2.05. The maximum Gasteiger partial charge on any atom is 0.365 e. The number of carbonyl (C=O) groups is 2. The van der Waals surface area contributed by atoms with Gasteiger partial charge < -0.3 is 28.5 Å². The molecule has 3 heterocycles. The molecule has 8 rings (SSSR count). The van der Waals surface area contributed by atoms with E-state index in [4.69, 9.17) is 28.5 Å². The predicted octanol–water partition coefficient (Wildman–Crippen LogP) is 10.1. The average Bonchev–Trinajstić information content (AvgIpc) is 4.06. The van der Waals surface area contributed by atoms with Gasteiger partial charge in [0.15, 0.2) is 11.5 Å². The number of hydrogen-bond donors (Lipinski definition) is 1. The molecule has 1 N–H and O–H groups in total. The lowest BCUT2D eigenvalue weighted by molar-refractivity contribution is 0.0408. The molecule has 0 saturated heterocycles. The van der Waals surface area contributed by atoms with Crippen LogP contribution in [0, 0.1) is 0 Å². The van der Waals surface area contributed by atoms with Gasteiger partial charge in [-0.25, -0.2) is 9.59 Å². The molecule has 3 aromatic heterocycles. The highest BCUT2D eigenvalue weighted by Crippen LogP contribution is 2.29. The number of carboxylic acid groups (broad SMARTS) is 1. The Labute approximate surface area is 339 Å². The zero-order chi connectivity index (χ0) is 41.0. The number of aromatic nitrogens is 5. The molecule has 0 amide bonds. The quantitative estimate of drug-likeness (QED) is 0.0773. The Morgan fingerprint density at radius 1 is 0.610 bits per heavy atom. The molecular formula is C46H41N5O8. The van der Waals surface area contributed by atoms with Crippen molar-refractivity contribution in [3.05, 3.63) is 145 Å². The van der Waals surface area contributed by atoms with Crippen molar-refractivity contribution < 1.29 is 38.1 Å². The van der Waals surface area contributed by atoms with Gasteiger partial charge in [-0.15, -0.1) is 5.10 Å². The topological polar surface area (TPSA) is 165 Å². The number of benzene rings is 5. The van der Waals surface area contributed by atoms with Gasteiger partial charge in [-0.05, 0) is 103 Å². The summed E-state index contributed by atoms with van der Waals surface area (Å²) in [5.41, 5.74) is 6.64. The summed E-state index contributed by atoms with van der Waals surface area (Å²) in [6.07, 6.45) is 4.27. The van der Waals surface area contributed by atoms with Crippen LogP contribution in [0.15, 0.2) is 143 Å². The SMILES string of the molecule is CCCCOc1ccc(-c2cc(-c3ccc(C(=O)O)cc3)no2)cc1.CCCCOc1ccc(-c2cc(-c3ccc(C(=O)On4nnc5ccccc54)cc3)no2)cc1. The van der Waals surface area contributed by atoms with Crippen LogP contribution in [0.5, 0.6) is 11.5 Å². The molecule has 0 saturated carbocycles. The van der Waals surface area contributed by atoms with Crippen molar-refractivity contribution in [1.82, 2.24) is 25.5 Å². The van der Waals surface area contributed by atoms with Gasteiger partial charge in [0.1, 0.15) is 33.9 Å². The predicted molar refractivity (Wildman–Crippen MR) is 221 cm³/mol. The molecular weight excluding hydrogens is 751 g/mol. The van der Waals surface area contributed by atoms with E-state index in [0.29, 0.717) is 52.7 Å². The van der Waals surface area contributed by atoms with Gasteiger partial charge >= 0.3 is 11.9 Å². The largest absolute Gasteiger partial charge is 0.494 e. The maximum atomic E-state index is 12.5. The lowest BCUT2D eigenvalue weighted by Crippen LogP contribution is -2.20. The van der Waals surface area contributed by atoms with Gasteiger partial charge in [0, 0.05) is 34.4 Å². The van der Waals surface area contributed by atoms with E-state index in [1.165, 1.54) is 0 Å². The zero-order valence-corrected chi connectivity index (χ0v) is 32.5. The molecule has 0 atom stereocenters. The lowest BCUT2D eigenvalue weighted by atomic mass is 10.1. The fourth-order valence-electron chi connectivity index (χ4n) is 5.80. The number of para-hydroxylation sites is 1. The molecule has 8 aromatic rings. The second kappa shape index (κ2) is 19.1. The smallest absolute Gasteiger partial charge is 0.365 e. The Hall–Kier alpha value is -7.54. The van der Waals surface area contributed by atoms with E-state index in [9.17, 15) is 9.59 Å². The van der Waals surface area contributed by atoms with Crippen LogP contribution in [0.3, 0.4) is 0 Å². The molecule has 0 unspecified atom stereocenters. The summed E-state index contributed by atoms with van der Waals surface area (Å²) in [5, 5.41) is 25.0. The summed E-state index contributed by atoms with van der Waals surface area (Å²) in [6, 6.07) is 39.8. The minimum Gasteiger partial charge on any atom is -0.494 e. The zero-order valence-electron chi connectivity index (χ0n) is 32.5. The maximum absolute atomic E-state index is 12.5. The molecule has 0 aliphatic heterocycles. The fraction of sp³-hybridized carbons (Fsp3) is 0.174. The molecule has 0 spiro atoms. The van der Waals surface area contributed by atoms with E-state index in [0.717, 1.165) is 64.3 Å². The molecule has 0 radical (unpaired) electrons. The number of carbonyl (C=O) groups excluding carboxylic acids is 1. The van der Waals surface area contributed by atoms with Crippen LogP contribution in [0.1, 0.15) is 60.2 Å². The number of ether oxygens (including phenoxy) is 2. The van der Waals surface area contributed by atoms with E-state index >= 15 is 0 Å². The summed E-state index contributed by atoms with van der Waals surface area (Å²) in [6.45, 7) is 5.69. The minimum atomic E-state index is -0.950. The summed E-state index contributed by atoms with van der Waals surface area (Å²) in [7, 11) is 0.